The highest BCUT2D eigenvalue weighted by atomic mass is 35.5. The second-order valence-electron chi connectivity index (χ2n) is 16.8. The van der Waals surface area contributed by atoms with Crippen LogP contribution in [0.1, 0.15) is 88.3 Å². The number of hydrogen-bond donors (Lipinski definition) is 4. The minimum Gasteiger partial charge on any atom is -0.490 e. The smallest absolute Gasteiger partial charge is 0.289 e. The molecule has 59 heavy (non-hydrogen) atoms. The predicted molar refractivity (Wildman–Crippen MR) is 213 cm³/mol. The van der Waals surface area contributed by atoms with E-state index in [2.05, 4.69) is 30.4 Å². The summed E-state index contributed by atoms with van der Waals surface area (Å²) in [5, 5.41) is 35.4. The lowest BCUT2D eigenvalue weighted by atomic mass is 9.93. The average Bonchev–Trinajstić information content (AvgIpc) is 3.89. The van der Waals surface area contributed by atoms with E-state index in [4.69, 9.17) is 21.6 Å². The van der Waals surface area contributed by atoms with Crippen molar-refractivity contribution in [2.45, 2.75) is 88.1 Å². The molecule has 2 saturated carbocycles. The van der Waals surface area contributed by atoms with Crippen molar-refractivity contribution in [2.24, 2.45) is 11.8 Å². The number of nitriles is 1. The molecule has 0 spiro atoms. The summed E-state index contributed by atoms with van der Waals surface area (Å²) in [6.07, 6.45) is 7.03. The lowest BCUT2D eigenvalue weighted by Crippen LogP contribution is -2.58. The molecule has 9 rings (SSSR count). The number of carbonyl (C=O) groups is 3. The minimum absolute atomic E-state index is 0.00174. The van der Waals surface area contributed by atoms with Crippen molar-refractivity contribution >= 4 is 40.7 Å². The van der Waals surface area contributed by atoms with Gasteiger partial charge in [-0.2, -0.15) is 5.26 Å². The van der Waals surface area contributed by atoms with Gasteiger partial charge in [0.2, 0.25) is 5.82 Å². The van der Waals surface area contributed by atoms with Crippen LogP contribution in [-0.2, 0) is 0 Å². The van der Waals surface area contributed by atoms with Gasteiger partial charge in [0.15, 0.2) is 0 Å². The highest BCUT2D eigenvalue weighted by molar-refractivity contribution is 6.31. The molecule has 4 aliphatic heterocycles. The van der Waals surface area contributed by atoms with Crippen LogP contribution in [0.5, 0.6) is 5.75 Å². The minimum atomic E-state index is -1.27. The van der Waals surface area contributed by atoms with Gasteiger partial charge in [-0.25, -0.2) is 14.4 Å². The summed E-state index contributed by atoms with van der Waals surface area (Å²) in [7, 11) is 0. The number of aliphatic hydroxyl groups excluding tert-OH is 2. The Hall–Kier alpha value is -4.92. The lowest BCUT2D eigenvalue weighted by Gasteiger charge is -2.39. The second-order valence-corrected chi connectivity index (χ2v) is 17.2. The van der Waals surface area contributed by atoms with Crippen molar-refractivity contribution < 1.29 is 33.7 Å². The van der Waals surface area contributed by atoms with Gasteiger partial charge in [-0.3, -0.25) is 29.5 Å². The Balaban J connectivity index is 0.726. The van der Waals surface area contributed by atoms with Gasteiger partial charge in [0.1, 0.15) is 30.1 Å². The number of carbonyl (C=O) groups excluding carboxylic acids is 3. The first-order valence-electron chi connectivity index (χ1n) is 20.6. The van der Waals surface area contributed by atoms with E-state index < -0.39 is 36.1 Å². The summed E-state index contributed by atoms with van der Waals surface area (Å²) in [5.74, 6) is -0.199. The predicted octanol–water partition coefficient (Wildman–Crippen LogP) is 3.28. The van der Waals surface area contributed by atoms with Crippen molar-refractivity contribution in [3.8, 4) is 11.8 Å². The Kier molecular flexibility index (Phi) is 10.9. The monoisotopic (exact) mass is 827 g/mol. The molecule has 4 unspecified atom stereocenters. The number of aliphatic hydroxyl groups is 2. The summed E-state index contributed by atoms with van der Waals surface area (Å²) < 4.78 is 21.6. The number of halogens is 2. The number of rotatable bonds is 8. The third kappa shape index (κ3) is 7.82. The van der Waals surface area contributed by atoms with Crippen molar-refractivity contribution in [3.63, 3.8) is 0 Å². The van der Waals surface area contributed by atoms with Gasteiger partial charge in [0.05, 0.1) is 57.6 Å². The number of amides is 3. The molecular formula is C42H47ClFN9O6. The third-order valence-corrected chi connectivity index (χ3v) is 13.6. The number of fused-ring (bicyclic) bond motifs is 2. The van der Waals surface area contributed by atoms with Crippen LogP contribution in [0.3, 0.4) is 0 Å². The number of ether oxygens (including phenoxy) is 1. The molecule has 2 aromatic carbocycles. The van der Waals surface area contributed by atoms with Crippen LogP contribution in [0.4, 0.5) is 15.8 Å². The van der Waals surface area contributed by atoms with E-state index in [1.165, 1.54) is 6.07 Å². The molecule has 310 valence electrons. The van der Waals surface area contributed by atoms with Gasteiger partial charge < -0.3 is 30.1 Å². The van der Waals surface area contributed by atoms with Crippen LogP contribution in [0.2, 0.25) is 5.02 Å². The topological polar surface area (TPSA) is 187 Å². The van der Waals surface area contributed by atoms with Crippen molar-refractivity contribution in [3.05, 3.63) is 76.1 Å². The molecule has 5 heterocycles. The fourth-order valence-corrected chi connectivity index (χ4v) is 10.3. The molecular weight excluding hydrogens is 781 g/mol. The Labute approximate surface area is 346 Å². The molecule has 3 saturated heterocycles. The van der Waals surface area contributed by atoms with Gasteiger partial charge in [-0.1, -0.05) is 11.6 Å². The summed E-state index contributed by atoms with van der Waals surface area (Å²) in [4.78, 5) is 56.3. The van der Waals surface area contributed by atoms with E-state index in [1.54, 1.807) is 30.6 Å². The Morgan fingerprint density at radius 1 is 0.915 bits per heavy atom. The van der Waals surface area contributed by atoms with Crippen LogP contribution in [0.15, 0.2) is 42.7 Å². The number of imide groups is 1. The van der Waals surface area contributed by atoms with Gasteiger partial charge in [0, 0.05) is 57.4 Å². The van der Waals surface area contributed by atoms with Crippen molar-refractivity contribution in [1.29, 1.82) is 5.26 Å². The molecule has 6 atom stereocenters. The number of nitrogens with one attached hydrogen (secondary N) is 2. The average molecular weight is 828 g/mol. The van der Waals surface area contributed by atoms with Crippen LogP contribution in [0, 0.1) is 29.0 Å². The van der Waals surface area contributed by atoms with E-state index in [0.717, 1.165) is 81.4 Å². The SMILES string of the molecule is N#Cc1ccc(OC2CCC(NC(=O)c3ncc(N4C[C@H]5CC(N6CCN(c7cc8c(cc7F)C(=O)N(C7CCC(O)NC7O)C8=O)CC6)C[C@H]5C4)cn3)CC2)cc1Cl. The first-order chi connectivity index (χ1) is 28.5. The maximum Gasteiger partial charge on any atom is 0.289 e. The zero-order valence-corrected chi connectivity index (χ0v) is 33.2. The molecule has 2 aliphatic carbocycles. The van der Waals surface area contributed by atoms with Gasteiger partial charge >= 0.3 is 0 Å². The molecule has 6 aliphatic rings. The zero-order chi connectivity index (χ0) is 40.9. The number of hydrogen-bond acceptors (Lipinski definition) is 13. The third-order valence-electron chi connectivity index (χ3n) is 13.3. The van der Waals surface area contributed by atoms with E-state index in [-0.39, 0.29) is 47.8 Å². The number of piperidine rings is 1. The molecule has 17 heteroatoms. The fourth-order valence-electron chi connectivity index (χ4n) is 10.1. The second kappa shape index (κ2) is 16.3. The van der Waals surface area contributed by atoms with E-state index >= 15 is 4.39 Å². The molecule has 15 nitrogen and oxygen atoms in total. The summed E-state index contributed by atoms with van der Waals surface area (Å²) in [6, 6.07) is 9.33. The van der Waals surface area contributed by atoms with Crippen molar-refractivity contribution in [2.75, 3.05) is 49.1 Å². The van der Waals surface area contributed by atoms with Crippen LogP contribution in [-0.4, -0.2) is 124 Å². The number of aromatic nitrogens is 2. The lowest BCUT2D eigenvalue weighted by molar-refractivity contribution is -0.0413. The van der Waals surface area contributed by atoms with Gasteiger partial charge in [0.25, 0.3) is 17.7 Å². The fraction of sp³-hybridized carbons (Fsp3) is 0.524. The maximum atomic E-state index is 15.5. The molecule has 0 bridgehead atoms. The molecule has 3 amide bonds. The highest BCUT2D eigenvalue weighted by Gasteiger charge is 2.46. The van der Waals surface area contributed by atoms with Crippen LogP contribution >= 0.6 is 11.6 Å². The standard InChI is InChI=1S/C42H47ClFN9O6/c43-33-15-30(4-1-23(33)18-45)59-29-5-2-26(3-6-29)48-40(56)38-46-19-28(20-47-38)52-21-24-13-27(14-25(24)22-52)50-9-11-51(12-10-50)36-17-32-31(16-34(36)44)41(57)53(42(32)58)35-7-8-37(54)49-39(35)55/h1,4,15-17,19-20,24-27,29,35,37,39,49,54-55H,2-3,5-14,21-22H2,(H,48,56)/t24-,25+,26?,27?,29?,35?,37?,39?. The number of anilines is 2. The summed E-state index contributed by atoms with van der Waals surface area (Å²) in [6.45, 7) is 4.48. The molecule has 3 aromatic rings. The highest BCUT2D eigenvalue weighted by Crippen LogP contribution is 2.42. The van der Waals surface area contributed by atoms with E-state index in [0.29, 0.717) is 53.0 Å². The van der Waals surface area contributed by atoms with Crippen LogP contribution in [0.25, 0.3) is 0 Å². The number of piperazine rings is 1. The number of benzene rings is 2. The van der Waals surface area contributed by atoms with Gasteiger partial charge in [-0.15, -0.1) is 0 Å². The number of nitrogens with zero attached hydrogens (tertiary/aromatic N) is 7. The quantitative estimate of drug-likeness (QED) is 0.243. The van der Waals surface area contributed by atoms with Crippen molar-refractivity contribution in [1.82, 2.24) is 30.4 Å². The van der Waals surface area contributed by atoms with Gasteiger partial charge in [-0.05, 0) is 87.5 Å². The zero-order valence-electron chi connectivity index (χ0n) is 32.5. The van der Waals surface area contributed by atoms with E-state index in [9.17, 15) is 24.6 Å². The first-order valence-corrected chi connectivity index (χ1v) is 21.0. The summed E-state index contributed by atoms with van der Waals surface area (Å²) in [5.41, 5.74) is 1.75. The molecule has 1 aromatic heterocycles. The molecule has 5 fully saturated rings. The summed E-state index contributed by atoms with van der Waals surface area (Å²) >= 11 is 6.15. The van der Waals surface area contributed by atoms with E-state index in [1.807, 2.05) is 11.0 Å². The maximum absolute atomic E-state index is 15.5. The Bertz CT molecular complexity index is 2140. The van der Waals surface area contributed by atoms with Crippen LogP contribution < -0.4 is 25.2 Å². The molecule has 0 radical (unpaired) electrons. The Morgan fingerprint density at radius 3 is 2.24 bits per heavy atom. The first kappa shape index (κ1) is 39.5. The molecule has 4 N–H and O–H groups in total. The largest absolute Gasteiger partial charge is 0.490 e. The normalized spacial score (nSPS) is 29.6. The Morgan fingerprint density at radius 2 is 1.59 bits per heavy atom.